The first kappa shape index (κ1) is 36.8. The zero-order valence-electron chi connectivity index (χ0n) is 36.4. The van der Waals surface area contributed by atoms with Crippen molar-refractivity contribution in [2.24, 2.45) is 0 Å². The van der Waals surface area contributed by atoms with Gasteiger partial charge in [-0.3, -0.25) is 0 Å². The van der Waals surface area contributed by atoms with Gasteiger partial charge in [-0.2, -0.15) is 0 Å². The number of thiophene rings is 1. The van der Waals surface area contributed by atoms with Crippen molar-refractivity contribution in [3.8, 4) is 0 Å². The van der Waals surface area contributed by atoms with Crippen molar-refractivity contribution in [1.82, 2.24) is 0 Å². The molecule has 0 fully saturated rings. The molecule has 5 heteroatoms. The molecule has 63 heavy (non-hydrogen) atoms. The quantitative estimate of drug-likeness (QED) is 0.162. The number of nitrogens with zero attached hydrogens (tertiary/aromatic N) is 2. The van der Waals surface area contributed by atoms with Crippen molar-refractivity contribution >= 4 is 132 Å². The summed E-state index contributed by atoms with van der Waals surface area (Å²) in [5, 5.41) is 10.0. The van der Waals surface area contributed by atoms with Gasteiger partial charge in [0, 0.05) is 36.9 Å². The molecule has 302 valence electrons. The Hall–Kier alpha value is -6.82. The molecule has 3 nitrogen and oxygen atoms in total. The molecule has 0 spiro atoms. The second kappa shape index (κ2) is 12.9. The minimum absolute atomic E-state index is 0.0492. The van der Waals surface area contributed by atoms with Gasteiger partial charge in [0.1, 0.15) is 11.2 Å². The summed E-state index contributed by atoms with van der Waals surface area (Å²) in [6.07, 6.45) is 0. The monoisotopic (exact) mass is 828 g/mol. The van der Waals surface area contributed by atoms with Crippen LogP contribution in [0.3, 0.4) is 0 Å². The van der Waals surface area contributed by atoms with Gasteiger partial charge in [0.15, 0.2) is 0 Å². The van der Waals surface area contributed by atoms with E-state index in [4.69, 9.17) is 4.42 Å². The Morgan fingerprint density at radius 2 is 0.937 bits per heavy atom. The van der Waals surface area contributed by atoms with Crippen molar-refractivity contribution in [2.75, 3.05) is 9.80 Å². The molecule has 11 aromatic rings. The van der Waals surface area contributed by atoms with Crippen LogP contribution in [0.4, 0.5) is 34.1 Å². The molecule has 13 rings (SSSR count). The van der Waals surface area contributed by atoms with E-state index in [9.17, 15) is 0 Å². The van der Waals surface area contributed by atoms with Crippen LogP contribution in [0.15, 0.2) is 168 Å². The smallest absolute Gasteiger partial charge is 0.252 e. The van der Waals surface area contributed by atoms with Gasteiger partial charge in [-0.05, 0) is 108 Å². The van der Waals surface area contributed by atoms with Crippen molar-refractivity contribution in [3.05, 3.63) is 175 Å². The predicted octanol–water partition coefficient (Wildman–Crippen LogP) is 14.9. The molecule has 0 N–H and O–H groups in total. The lowest BCUT2D eigenvalue weighted by Gasteiger charge is -2.46. The van der Waals surface area contributed by atoms with Gasteiger partial charge in [-0.15, -0.1) is 11.3 Å². The molecule has 0 saturated carbocycles. The van der Waals surface area contributed by atoms with Crippen LogP contribution < -0.4 is 26.2 Å². The largest absolute Gasteiger partial charge is 0.456 e. The Morgan fingerprint density at radius 1 is 0.413 bits per heavy atom. The summed E-state index contributed by atoms with van der Waals surface area (Å²) in [5.41, 5.74) is 15.4. The number of rotatable bonds is 2. The summed E-state index contributed by atoms with van der Waals surface area (Å²) in [6, 6.07) is 61.4. The van der Waals surface area contributed by atoms with Gasteiger partial charge in [0.05, 0.1) is 28.1 Å². The lowest BCUT2D eigenvalue weighted by Crippen LogP contribution is -2.61. The molecule has 0 aliphatic carbocycles. The van der Waals surface area contributed by atoms with E-state index in [1.807, 2.05) is 11.3 Å². The predicted molar refractivity (Wildman–Crippen MR) is 273 cm³/mol. The zero-order valence-corrected chi connectivity index (χ0v) is 37.2. The molecule has 4 heterocycles. The van der Waals surface area contributed by atoms with Gasteiger partial charge in [-0.25, -0.2) is 0 Å². The van der Waals surface area contributed by atoms with Crippen LogP contribution >= 0.6 is 11.3 Å². The van der Waals surface area contributed by atoms with E-state index in [0.29, 0.717) is 0 Å². The van der Waals surface area contributed by atoms with Crippen LogP contribution in [0, 0.1) is 0 Å². The van der Waals surface area contributed by atoms with E-state index in [2.05, 4.69) is 215 Å². The van der Waals surface area contributed by atoms with Crippen LogP contribution in [-0.2, 0) is 10.8 Å². The van der Waals surface area contributed by atoms with Crippen LogP contribution in [0.1, 0.15) is 52.7 Å². The molecule has 0 radical (unpaired) electrons. The number of furan rings is 1. The lowest BCUT2D eigenvalue weighted by molar-refractivity contribution is 0.596. The summed E-state index contributed by atoms with van der Waals surface area (Å²) in [6.45, 7) is 14.2. The maximum Gasteiger partial charge on any atom is 0.252 e. The van der Waals surface area contributed by atoms with Crippen LogP contribution in [0.25, 0.3) is 63.7 Å². The Labute approximate surface area is 371 Å². The fourth-order valence-electron chi connectivity index (χ4n) is 11.5. The van der Waals surface area contributed by atoms with Gasteiger partial charge in [0.25, 0.3) is 6.71 Å². The molecule has 0 atom stereocenters. The summed E-state index contributed by atoms with van der Waals surface area (Å²) in [4.78, 5) is 5.29. The first-order chi connectivity index (χ1) is 30.6. The maximum atomic E-state index is 6.75. The standard InChI is InChI=1S/C58H45BN2OS/c1-57(2,3)52-36-18-9-7-16-34(36)26-30-42(52)60-44-22-15-23-45-54(44)59(40-28-32-47-50(55(40)60)38-20-11-13-24-46(38)62-47)41-29-33-49-51(39-21-12-14-25-48(39)63-49)56(41)61(45)43-31-27-35-17-8-10-19-37(35)53(43)58(4,5)6/h7-33H,1-6H3. The van der Waals surface area contributed by atoms with Crippen LogP contribution in [-0.4, -0.2) is 6.71 Å². The van der Waals surface area contributed by atoms with Crippen molar-refractivity contribution in [3.63, 3.8) is 0 Å². The molecule has 0 amide bonds. The Kier molecular flexibility index (Phi) is 7.52. The van der Waals surface area contributed by atoms with Gasteiger partial charge in [-0.1, -0.05) is 157 Å². The first-order valence-corrected chi connectivity index (χ1v) is 23.0. The van der Waals surface area contributed by atoms with Crippen LogP contribution in [0.5, 0.6) is 0 Å². The average molecular weight is 829 g/mol. The molecule has 9 aromatic carbocycles. The molecule has 0 saturated heterocycles. The molecular weight excluding hydrogens is 784 g/mol. The summed E-state index contributed by atoms with van der Waals surface area (Å²) in [7, 11) is 0. The number of anilines is 6. The maximum absolute atomic E-state index is 6.75. The van der Waals surface area contributed by atoms with E-state index in [0.717, 1.165) is 21.9 Å². The van der Waals surface area contributed by atoms with Gasteiger partial charge >= 0.3 is 0 Å². The molecule has 2 aliphatic heterocycles. The molecule has 0 unspecified atom stereocenters. The number of hydrogen-bond donors (Lipinski definition) is 0. The topological polar surface area (TPSA) is 19.6 Å². The Balaban J connectivity index is 1.23. The molecule has 2 aromatic heterocycles. The first-order valence-electron chi connectivity index (χ1n) is 22.2. The third kappa shape index (κ3) is 5.09. The van der Waals surface area contributed by atoms with Crippen LogP contribution in [0.2, 0.25) is 0 Å². The highest BCUT2D eigenvalue weighted by Crippen LogP contribution is 2.54. The van der Waals surface area contributed by atoms with E-state index in [1.54, 1.807) is 0 Å². The van der Waals surface area contributed by atoms with Gasteiger partial charge < -0.3 is 14.2 Å². The number of para-hydroxylation sites is 1. The number of benzene rings is 9. The minimum atomic E-state index is -0.175. The Bertz CT molecular complexity index is 3510. The molecule has 2 aliphatic rings. The normalized spacial score (nSPS) is 13.8. The highest BCUT2D eigenvalue weighted by atomic mass is 32.1. The second-order valence-electron chi connectivity index (χ2n) is 19.6. The average Bonchev–Trinajstić information content (AvgIpc) is 3.86. The zero-order chi connectivity index (χ0) is 42.5. The fraction of sp³-hybridized carbons (Fsp3) is 0.138. The minimum Gasteiger partial charge on any atom is -0.456 e. The van der Waals surface area contributed by atoms with E-state index in [1.165, 1.54) is 103 Å². The van der Waals surface area contributed by atoms with E-state index < -0.39 is 0 Å². The lowest BCUT2D eigenvalue weighted by atomic mass is 9.33. The van der Waals surface area contributed by atoms with E-state index >= 15 is 0 Å². The highest BCUT2D eigenvalue weighted by molar-refractivity contribution is 7.26. The number of hydrogen-bond acceptors (Lipinski definition) is 4. The fourth-order valence-corrected chi connectivity index (χ4v) is 12.6. The summed E-state index contributed by atoms with van der Waals surface area (Å²) >= 11 is 1.90. The third-order valence-electron chi connectivity index (χ3n) is 13.8. The highest BCUT2D eigenvalue weighted by Gasteiger charge is 2.46. The van der Waals surface area contributed by atoms with Crippen molar-refractivity contribution in [1.29, 1.82) is 0 Å². The van der Waals surface area contributed by atoms with E-state index in [-0.39, 0.29) is 17.5 Å². The molecular formula is C58H45BN2OS. The second-order valence-corrected chi connectivity index (χ2v) is 20.7. The summed E-state index contributed by atoms with van der Waals surface area (Å²) < 4.78 is 9.36. The van der Waals surface area contributed by atoms with Crippen molar-refractivity contribution < 1.29 is 4.42 Å². The van der Waals surface area contributed by atoms with Gasteiger partial charge in [0.2, 0.25) is 0 Å². The molecule has 0 bridgehead atoms. The SMILES string of the molecule is CC(C)(C)c1c(N2c3cccc4c3B(c3ccc5oc6ccccc6c5c32)c2ccc3sc5ccccc5c3c2N4c2ccc3ccccc3c2C(C)(C)C)ccc2ccccc12. The number of fused-ring (bicyclic) bond motifs is 14. The van der Waals surface area contributed by atoms with Crippen molar-refractivity contribution in [2.45, 2.75) is 52.4 Å². The third-order valence-corrected chi connectivity index (χ3v) is 14.9. The summed E-state index contributed by atoms with van der Waals surface area (Å²) in [5.74, 6) is 0. The Morgan fingerprint density at radius 3 is 1.56 bits per heavy atom.